The van der Waals surface area contributed by atoms with Crippen LogP contribution in [0, 0.1) is 11.8 Å². The maximum atomic E-state index is 11.7. The standard InChI is InChI=1S/C20H42O7S/c1-5-9-11-16(7-3)14-26-19(21)13-18(28(23,24)25)20(22)27-15-17(8-4)12-10-6-2/h16-22H,5-15H2,1-4H3,(H,23,24,25). The van der Waals surface area contributed by atoms with Crippen LogP contribution in [0.1, 0.15) is 85.5 Å². The van der Waals surface area contributed by atoms with Crippen LogP contribution >= 0.6 is 0 Å². The lowest BCUT2D eigenvalue weighted by molar-refractivity contribution is -0.147. The molecule has 3 N–H and O–H groups in total. The zero-order valence-corrected chi connectivity index (χ0v) is 18.9. The van der Waals surface area contributed by atoms with E-state index in [1.165, 1.54) is 0 Å². The van der Waals surface area contributed by atoms with Crippen LogP contribution < -0.4 is 0 Å². The van der Waals surface area contributed by atoms with Gasteiger partial charge in [0.1, 0.15) is 5.25 Å². The Hall–Kier alpha value is -0.250. The van der Waals surface area contributed by atoms with E-state index in [9.17, 15) is 23.2 Å². The lowest BCUT2D eigenvalue weighted by atomic mass is 10.0. The normalized spacial score (nSPS) is 17.8. The molecule has 0 aliphatic rings. The van der Waals surface area contributed by atoms with E-state index in [-0.39, 0.29) is 18.4 Å². The summed E-state index contributed by atoms with van der Waals surface area (Å²) in [5.41, 5.74) is 0. The predicted octanol–water partition coefficient (Wildman–Crippen LogP) is 3.74. The number of rotatable bonds is 18. The van der Waals surface area contributed by atoms with Crippen LogP contribution in [-0.4, -0.2) is 54.2 Å². The molecule has 0 radical (unpaired) electrons. The molecule has 28 heavy (non-hydrogen) atoms. The summed E-state index contributed by atoms with van der Waals surface area (Å²) in [6, 6.07) is 0. The van der Waals surface area contributed by atoms with Crippen LogP contribution in [0.2, 0.25) is 0 Å². The molecule has 0 aromatic rings. The zero-order valence-electron chi connectivity index (χ0n) is 18.0. The summed E-state index contributed by atoms with van der Waals surface area (Å²) in [5.74, 6) is 0.491. The molecule has 0 saturated carbocycles. The van der Waals surface area contributed by atoms with Crippen molar-refractivity contribution in [1.29, 1.82) is 0 Å². The molecular formula is C20H42O7S. The molecule has 0 heterocycles. The number of aliphatic hydroxyl groups excluding tert-OH is 2. The van der Waals surface area contributed by atoms with E-state index in [1.807, 2.05) is 13.8 Å². The number of unbranched alkanes of at least 4 members (excludes halogenated alkanes) is 2. The third-order valence-corrected chi connectivity index (χ3v) is 6.44. The van der Waals surface area contributed by atoms with Gasteiger partial charge in [-0.05, 0) is 24.7 Å². The Morgan fingerprint density at radius 1 is 0.821 bits per heavy atom. The quantitative estimate of drug-likeness (QED) is 0.226. The molecule has 170 valence electrons. The zero-order chi connectivity index (χ0) is 21.6. The first-order chi connectivity index (χ1) is 13.2. The molecule has 0 aliphatic carbocycles. The first-order valence-corrected chi connectivity index (χ1v) is 12.2. The Morgan fingerprint density at radius 3 is 1.68 bits per heavy atom. The van der Waals surface area contributed by atoms with E-state index in [0.717, 1.165) is 51.4 Å². The molecule has 0 fully saturated rings. The molecule has 0 aliphatic heterocycles. The monoisotopic (exact) mass is 426 g/mol. The van der Waals surface area contributed by atoms with Crippen molar-refractivity contribution in [2.75, 3.05) is 13.2 Å². The van der Waals surface area contributed by atoms with Crippen LogP contribution in [-0.2, 0) is 19.6 Å². The highest BCUT2D eigenvalue weighted by molar-refractivity contribution is 7.86. The van der Waals surface area contributed by atoms with Crippen molar-refractivity contribution in [3.63, 3.8) is 0 Å². The summed E-state index contributed by atoms with van der Waals surface area (Å²) in [5, 5.41) is 18.6. The van der Waals surface area contributed by atoms with E-state index < -0.39 is 34.4 Å². The first kappa shape index (κ1) is 27.8. The van der Waals surface area contributed by atoms with E-state index in [1.54, 1.807) is 0 Å². The maximum Gasteiger partial charge on any atom is 0.273 e. The SMILES string of the molecule is CCCCC(CC)COC(O)CC(C(O)OCC(CC)CCCC)S(=O)(=O)O. The minimum atomic E-state index is -4.60. The van der Waals surface area contributed by atoms with Crippen LogP contribution in [0.15, 0.2) is 0 Å². The van der Waals surface area contributed by atoms with Crippen molar-refractivity contribution in [2.24, 2.45) is 11.8 Å². The van der Waals surface area contributed by atoms with Gasteiger partial charge in [-0.15, -0.1) is 0 Å². The van der Waals surface area contributed by atoms with Crippen molar-refractivity contribution in [1.82, 2.24) is 0 Å². The average Bonchev–Trinajstić information content (AvgIpc) is 2.65. The Kier molecular flexibility index (Phi) is 15.4. The van der Waals surface area contributed by atoms with Crippen molar-refractivity contribution < 1.29 is 32.7 Å². The molecule has 8 heteroatoms. The second-order valence-corrected chi connectivity index (χ2v) is 9.27. The molecule has 0 spiro atoms. The summed E-state index contributed by atoms with van der Waals surface area (Å²) in [6.07, 6.45) is 4.31. The average molecular weight is 427 g/mol. The van der Waals surface area contributed by atoms with Gasteiger partial charge in [0.2, 0.25) is 0 Å². The third kappa shape index (κ3) is 12.3. The summed E-state index contributed by atoms with van der Waals surface area (Å²) in [7, 11) is -4.60. The lowest BCUT2D eigenvalue weighted by Gasteiger charge is -2.25. The highest BCUT2D eigenvalue weighted by Gasteiger charge is 2.34. The van der Waals surface area contributed by atoms with Gasteiger partial charge >= 0.3 is 0 Å². The van der Waals surface area contributed by atoms with Gasteiger partial charge in [-0.2, -0.15) is 8.42 Å². The minimum Gasteiger partial charge on any atom is -0.368 e. The Bertz CT molecular complexity index is 469. The maximum absolute atomic E-state index is 11.7. The lowest BCUT2D eigenvalue weighted by Crippen LogP contribution is -2.40. The molecule has 0 rings (SSSR count). The van der Waals surface area contributed by atoms with Gasteiger partial charge in [0, 0.05) is 6.42 Å². The van der Waals surface area contributed by atoms with Crippen molar-refractivity contribution in [3.05, 3.63) is 0 Å². The Morgan fingerprint density at radius 2 is 1.29 bits per heavy atom. The van der Waals surface area contributed by atoms with E-state index in [0.29, 0.717) is 6.61 Å². The molecule has 5 unspecified atom stereocenters. The molecule has 0 amide bonds. The topological polar surface area (TPSA) is 113 Å². The molecule has 7 nitrogen and oxygen atoms in total. The summed E-state index contributed by atoms with van der Waals surface area (Å²) in [4.78, 5) is 0. The van der Waals surface area contributed by atoms with Crippen LogP contribution in [0.4, 0.5) is 0 Å². The third-order valence-electron chi connectivity index (χ3n) is 5.25. The Balaban J connectivity index is 4.68. The molecule has 0 aromatic heterocycles. The van der Waals surface area contributed by atoms with Crippen LogP contribution in [0.3, 0.4) is 0 Å². The minimum absolute atomic E-state index is 0.204. The second kappa shape index (κ2) is 15.6. The van der Waals surface area contributed by atoms with Gasteiger partial charge in [0.15, 0.2) is 12.6 Å². The highest BCUT2D eigenvalue weighted by atomic mass is 32.2. The van der Waals surface area contributed by atoms with E-state index in [4.69, 9.17) is 9.47 Å². The fourth-order valence-electron chi connectivity index (χ4n) is 3.04. The van der Waals surface area contributed by atoms with Crippen molar-refractivity contribution in [3.8, 4) is 0 Å². The van der Waals surface area contributed by atoms with Gasteiger partial charge in [-0.3, -0.25) is 4.55 Å². The summed E-state index contributed by atoms with van der Waals surface area (Å²) < 4.78 is 43.5. The first-order valence-electron chi connectivity index (χ1n) is 10.7. The fraction of sp³-hybridized carbons (Fsp3) is 1.00. The molecule has 0 aromatic carbocycles. The van der Waals surface area contributed by atoms with E-state index >= 15 is 0 Å². The van der Waals surface area contributed by atoms with Gasteiger partial charge in [0.05, 0.1) is 13.2 Å². The van der Waals surface area contributed by atoms with E-state index in [2.05, 4.69) is 13.8 Å². The molecule has 0 bridgehead atoms. The van der Waals surface area contributed by atoms with Gasteiger partial charge in [-0.25, -0.2) is 0 Å². The number of hydrogen-bond acceptors (Lipinski definition) is 6. The summed E-state index contributed by atoms with van der Waals surface area (Å²) in [6.45, 7) is 8.75. The van der Waals surface area contributed by atoms with Crippen molar-refractivity contribution in [2.45, 2.75) is 103 Å². The van der Waals surface area contributed by atoms with Crippen molar-refractivity contribution >= 4 is 10.1 Å². The van der Waals surface area contributed by atoms with Gasteiger partial charge < -0.3 is 19.7 Å². The summed E-state index contributed by atoms with van der Waals surface area (Å²) >= 11 is 0. The smallest absolute Gasteiger partial charge is 0.273 e. The molecular weight excluding hydrogens is 384 g/mol. The van der Waals surface area contributed by atoms with Gasteiger partial charge in [0.25, 0.3) is 10.1 Å². The Labute approximate surface area is 171 Å². The predicted molar refractivity (Wildman–Crippen MR) is 110 cm³/mol. The number of ether oxygens (including phenoxy) is 2. The second-order valence-electron chi connectivity index (χ2n) is 7.63. The molecule has 0 saturated heterocycles. The van der Waals surface area contributed by atoms with Crippen LogP contribution in [0.5, 0.6) is 0 Å². The molecule has 5 atom stereocenters. The largest absolute Gasteiger partial charge is 0.368 e. The fourth-order valence-corrected chi connectivity index (χ4v) is 3.82. The highest BCUT2D eigenvalue weighted by Crippen LogP contribution is 2.20. The number of aliphatic hydroxyl groups is 2. The van der Waals surface area contributed by atoms with Gasteiger partial charge in [-0.1, -0.05) is 66.2 Å². The number of hydrogen-bond donors (Lipinski definition) is 3. The van der Waals surface area contributed by atoms with Crippen LogP contribution in [0.25, 0.3) is 0 Å².